The zero-order chi connectivity index (χ0) is 23.5. The Bertz CT molecular complexity index is 1120. The molecule has 0 aliphatic carbocycles. The number of nitrogens with zero attached hydrogens (tertiary/aromatic N) is 2. The summed E-state index contributed by atoms with van der Waals surface area (Å²) in [5.41, 5.74) is 0.318. The highest BCUT2D eigenvalue weighted by molar-refractivity contribution is 5.96. The predicted molar refractivity (Wildman–Crippen MR) is 110 cm³/mol. The first-order valence-corrected chi connectivity index (χ1v) is 10.0. The van der Waals surface area contributed by atoms with Crippen LogP contribution >= 0.6 is 0 Å². The zero-order valence-corrected chi connectivity index (χ0v) is 17.6. The first-order chi connectivity index (χ1) is 15.2. The third-order valence-electron chi connectivity index (χ3n) is 5.36. The second-order valence-corrected chi connectivity index (χ2v) is 7.35. The Balaban J connectivity index is 2.11. The quantitative estimate of drug-likeness (QED) is 0.616. The van der Waals surface area contributed by atoms with Gasteiger partial charge in [-0.3, -0.25) is 4.79 Å². The van der Waals surface area contributed by atoms with Crippen molar-refractivity contribution in [1.82, 2.24) is 4.90 Å². The minimum absolute atomic E-state index is 0.0274. The normalized spacial score (nSPS) is 16.7. The van der Waals surface area contributed by atoms with Gasteiger partial charge in [0.15, 0.2) is 0 Å². The fourth-order valence-electron chi connectivity index (χ4n) is 3.92. The van der Waals surface area contributed by atoms with Crippen LogP contribution in [-0.4, -0.2) is 23.4 Å². The molecule has 0 spiro atoms. The molecule has 2 aromatic rings. The van der Waals surface area contributed by atoms with Gasteiger partial charge < -0.3 is 9.64 Å². The number of amides is 1. The van der Waals surface area contributed by atoms with Crippen LogP contribution in [0.2, 0.25) is 0 Å². The largest absolute Gasteiger partial charge is 0.463 e. The molecule has 32 heavy (non-hydrogen) atoms. The van der Waals surface area contributed by atoms with Crippen LogP contribution in [0.25, 0.3) is 0 Å². The van der Waals surface area contributed by atoms with E-state index in [0.717, 1.165) is 6.07 Å². The van der Waals surface area contributed by atoms with E-state index in [1.807, 2.05) is 6.07 Å². The van der Waals surface area contributed by atoms with Crippen molar-refractivity contribution < 1.29 is 27.5 Å². The SMILES string of the molecule is CCOC(=O)C1=C(C)N(Cc2cccc(C#N)c2)C(=O)CC1c1ccccc1C(F)(F)F. The van der Waals surface area contributed by atoms with Gasteiger partial charge in [-0.05, 0) is 43.2 Å². The molecule has 0 radical (unpaired) electrons. The average molecular weight is 442 g/mol. The van der Waals surface area contributed by atoms with E-state index < -0.39 is 29.5 Å². The Kier molecular flexibility index (Phi) is 6.68. The molecule has 0 fully saturated rings. The Morgan fingerprint density at radius 1 is 1.22 bits per heavy atom. The summed E-state index contributed by atoms with van der Waals surface area (Å²) in [7, 11) is 0. The highest BCUT2D eigenvalue weighted by Crippen LogP contribution is 2.43. The maximum atomic E-state index is 13.7. The standard InChI is InChI=1S/C24H21F3N2O3/c1-3-32-23(31)22-15(2)29(14-17-8-6-7-16(11-17)13-28)21(30)12-19(22)18-9-4-5-10-20(18)24(25,26)27/h4-11,19H,3,12,14H2,1-2H3. The van der Waals surface area contributed by atoms with E-state index in [0.29, 0.717) is 11.1 Å². The summed E-state index contributed by atoms with van der Waals surface area (Å²) >= 11 is 0. The van der Waals surface area contributed by atoms with Gasteiger partial charge in [-0.25, -0.2) is 4.79 Å². The number of alkyl halides is 3. The molecule has 2 aromatic carbocycles. The molecule has 8 heteroatoms. The van der Waals surface area contributed by atoms with Crippen LogP contribution in [0.15, 0.2) is 59.8 Å². The second kappa shape index (κ2) is 9.27. The highest BCUT2D eigenvalue weighted by Gasteiger charge is 2.41. The van der Waals surface area contributed by atoms with Crippen LogP contribution < -0.4 is 0 Å². The predicted octanol–water partition coefficient (Wildman–Crippen LogP) is 4.93. The molecule has 0 saturated carbocycles. The van der Waals surface area contributed by atoms with E-state index >= 15 is 0 Å². The molecule has 1 heterocycles. The van der Waals surface area contributed by atoms with Crippen LogP contribution in [0.4, 0.5) is 13.2 Å². The number of hydrogen-bond donors (Lipinski definition) is 0. The van der Waals surface area contributed by atoms with Crippen molar-refractivity contribution in [3.63, 3.8) is 0 Å². The fourth-order valence-corrected chi connectivity index (χ4v) is 3.92. The smallest absolute Gasteiger partial charge is 0.416 e. The fraction of sp³-hybridized carbons (Fsp3) is 0.292. The van der Waals surface area contributed by atoms with Gasteiger partial charge in [0.25, 0.3) is 0 Å². The Morgan fingerprint density at radius 3 is 2.59 bits per heavy atom. The Morgan fingerprint density at radius 2 is 1.94 bits per heavy atom. The molecule has 0 N–H and O–H groups in total. The monoisotopic (exact) mass is 442 g/mol. The summed E-state index contributed by atoms with van der Waals surface area (Å²) in [4.78, 5) is 27.2. The van der Waals surface area contributed by atoms with Gasteiger partial charge >= 0.3 is 12.1 Å². The average Bonchev–Trinajstić information content (AvgIpc) is 2.76. The van der Waals surface area contributed by atoms with E-state index in [-0.39, 0.29) is 36.4 Å². The summed E-state index contributed by atoms with van der Waals surface area (Å²) < 4.78 is 46.1. The lowest BCUT2D eigenvalue weighted by atomic mass is 9.81. The summed E-state index contributed by atoms with van der Waals surface area (Å²) in [6.45, 7) is 3.25. The molecule has 5 nitrogen and oxygen atoms in total. The molecule has 1 unspecified atom stereocenters. The Labute approximate surface area is 183 Å². The number of halogens is 3. The third kappa shape index (κ3) is 4.67. The number of rotatable bonds is 5. The zero-order valence-electron chi connectivity index (χ0n) is 17.6. The van der Waals surface area contributed by atoms with Crippen LogP contribution in [0.3, 0.4) is 0 Å². The number of carbonyl (C=O) groups excluding carboxylic acids is 2. The van der Waals surface area contributed by atoms with Gasteiger partial charge in [0.2, 0.25) is 5.91 Å². The third-order valence-corrected chi connectivity index (χ3v) is 5.36. The van der Waals surface area contributed by atoms with E-state index in [9.17, 15) is 22.8 Å². The van der Waals surface area contributed by atoms with Crippen molar-refractivity contribution in [2.24, 2.45) is 0 Å². The lowest BCUT2D eigenvalue weighted by molar-refractivity contribution is -0.142. The van der Waals surface area contributed by atoms with E-state index in [1.165, 1.54) is 30.0 Å². The van der Waals surface area contributed by atoms with Crippen molar-refractivity contribution in [3.05, 3.63) is 82.1 Å². The number of ether oxygens (including phenoxy) is 1. The maximum Gasteiger partial charge on any atom is 0.416 e. The molecule has 0 bridgehead atoms. The van der Waals surface area contributed by atoms with Crippen molar-refractivity contribution in [1.29, 1.82) is 5.26 Å². The minimum Gasteiger partial charge on any atom is -0.463 e. The van der Waals surface area contributed by atoms with Crippen LogP contribution in [0.1, 0.15) is 48.4 Å². The molecule has 166 valence electrons. The number of carbonyl (C=O) groups is 2. The summed E-state index contributed by atoms with van der Waals surface area (Å²) in [6, 6.07) is 13.6. The van der Waals surface area contributed by atoms with Gasteiger partial charge in [0.1, 0.15) is 0 Å². The number of hydrogen-bond acceptors (Lipinski definition) is 4. The van der Waals surface area contributed by atoms with Gasteiger partial charge in [-0.2, -0.15) is 18.4 Å². The van der Waals surface area contributed by atoms with Crippen LogP contribution in [0.5, 0.6) is 0 Å². The summed E-state index contributed by atoms with van der Waals surface area (Å²) in [6.07, 6.45) is -4.95. The number of esters is 1. The van der Waals surface area contributed by atoms with Gasteiger partial charge in [0.05, 0.1) is 35.9 Å². The summed E-state index contributed by atoms with van der Waals surface area (Å²) in [5.74, 6) is -2.25. The van der Waals surface area contributed by atoms with Crippen molar-refractivity contribution in [3.8, 4) is 6.07 Å². The molecule has 3 rings (SSSR count). The molecule has 1 aliphatic rings. The van der Waals surface area contributed by atoms with Gasteiger partial charge in [0, 0.05) is 18.0 Å². The lowest BCUT2D eigenvalue weighted by Gasteiger charge is -2.35. The minimum atomic E-state index is -4.64. The van der Waals surface area contributed by atoms with Crippen molar-refractivity contribution in [2.75, 3.05) is 6.61 Å². The highest BCUT2D eigenvalue weighted by atomic mass is 19.4. The maximum absolute atomic E-state index is 13.7. The van der Waals surface area contributed by atoms with E-state index in [2.05, 4.69) is 0 Å². The molecule has 1 amide bonds. The molecular formula is C24H21F3N2O3. The molecule has 0 saturated heterocycles. The number of allylic oxidation sites excluding steroid dienone is 1. The number of benzene rings is 2. The first-order valence-electron chi connectivity index (χ1n) is 10.0. The Hall–Kier alpha value is -3.60. The van der Waals surface area contributed by atoms with Crippen molar-refractivity contribution in [2.45, 2.75) is 38.9 Å². The van der Waals surface area contributed by atoms with Crippen LogP contribution in [-0.2, 0) is 27.0 Å². The molecule has 1 aliphatic heterocycles. The van der Waals surface area contributed by atoms with Crippen LogP contribution in [0, 0.1) is 11.3 Å². The van der Waals surface area contributed by atoms with E-state index in [1.54, 1.807) is 31.2 Å². The van der Waals surface area contributed by atoms with Crippen molar-refractivity contribution >= 4 is 11.9 Å². The molecular weight excluding hydrogens is 421 g/mol. The molecule has 0 aromatic heterocycles. The summed E-state index contributed by atoms with van der Waals surface area (Å²) in [5, 5.41) is 9.11. The lowest BCUT2D eigenvalue weighted by Crippen LogP contribution is -2.38. The molecule has 1 atom stereocenters. The first kappa shape index (κ1) is 23.1. The second-order valence-electron chi connectivity index (χ2n) is 7.35. The van der Waals surface area contributed by atoms with Gasteiger partial charge in [-0.1, -0.05) is 30.3 Å². The number of nitriles is 1. The van der Waals surface area contributed by atoms with Gasteiger partial charge in [-0.15, -0.1) is 0 Å². The topological polar surface area (TPSA) is 70.4 Å². The van der Waals surface area contributed by atoms with E-state index in [4.69, 9.17) is 10.00 Å².